The van der Waals surface area contributed by atoms with Crippen LogP contribution in [0.25, 0.3) is 0 Å². The fraction of sp³-hybridized carbons (Fsp3) is 0.222. The molecule has 0 aliphatic heterocycles. The molecule has 0 aliphatic rings. The molecule has 13 heavy (non-hydrogen) atoms. The molecule has 1 aromatic rings. The molecule has 4 heteroatoms. The highest BCUT2D eigenvalue weighted by Gasteiger charge is 2.07. The summed E-state index contributed by atoms with van der Waals surface area (Å²) in [5, 5.41) is 3.38. The Morgan fingerprint density at radius 1 is 1.62 bits per heavy atom. The maximum atomic E-state index is 11.3. The zero-order chi connectivity index (χ0) is 9.84. The highest BCUT2D eigenvalue weighted by atomic mass is 127. The molecule has 0 aliphatic carbocycles. The van der Waals surface area contributed by atoms with E-state index >= 15 is 0 Å². The van der Waals surface area contributed by atoms with Crippen LogP contribution in [0.1, 0.15) is 6.92 Å². The van der Waals surface area contributed by atoms with Crippen molar-refractivity contribution in [3.63, 3.8) is 0 Å². The lowest BCUT2D eigenvalue weighted by Gasteiger charge is -2.06. The van der Waals surface area contributed by atoms with Crippen molar-refractivity contribution in [1.82, 2.24) is 0 Å². The number of benzene rings is 1. The average molecular weight is 310 g/mol. The molecule has 1 atom stereocenters. The first-order valence-electron chi connectivity index (χ1n) is 3.80. The van der Waals surface area contributed by atoms with E-state index in [4.69, 9.17) is 11.6 Å². The van der Waals surface area contributed by atoms with E-state index in [-0.39, 0.29) is 9.83 Å². The van der Waals surface area contributed by atoms with Crippen molar-refractivity contribution < 1.29 is 4.79 Å². The Hall–Kier alpha value is -0.290. The minimum atomic E-state index is -0.0448. The van der Waals surface area contributed by atoms with E-state index in [1.165, 1.54) is 0 Å². The minimum absolute atomic E-state index is 0.0112. The van der Waals surface area contributed by atoms with Crippen molar-refractivity contribution in [3.8, 4) is 0 Å². The molecular weight excluding hydrogens is 300 g/mol. The van der Waals surface area contributed by atoms with Gasteiger partial charge in [-0.15, -0.1) is 0 Å². The van der Waals surface area contributed by atoms with Gasteiger partial charge in [0.1, 0.15) is 0 Å². The van der Waals surface area contributed by atoms with Crippen molar-refractivity contribution in [2.75, 3.05) is 5.32 Å². The second-order valence-corrected chi connectivity index (χ2v) is 4.92. The van der Waals surface area contributed by atoms with E-state index in [0.29, 0.717) is 5.02 Å². The van der Waals surface area contributed by atoms with E-state index in [2.05, 4.69) is 27.9 Å². The van der Waals surface area contributed by atoms with E-state index < -0.39 is 0 Å². The topological polar surface area (TPSA) is 29.1 Å². The third-order valence-corrected chi connectivity index (χ3v) is 2.25. The van der Waals surface area contributed by atoms with E-state index in [9.17, 15) is 4.79 Å². The SMILES string of the molecule is CC(I)C(=O)Nc1cccc(Cl)c1. The van der Waals surface area contributed by atoms with Crippen molar-refractivity contribution in [1.29, 1.82) is 0 Å². The normalized spacial score (nSPS) is 12.2. The number of carbonyl (C=O) groups excluding carboxylic acids is 1. The van der Waals surface area contributed by atoms with Gasteiger partial charge in [0.05, 0.1) is 3.92 Å². The number of anilines is 1. The van der Waals surface area contributed by atoms with Crippen LogP contribution in [0, 0.1) is 0 Å². The molecule has 1 amide bonds. The molecule has 0 bridgehead atoms. The summed E-state index contributed by atoms with van der Waals surface area (Å²) in [6.45, 7) is 1.83. The average Bonchev–Trinajstić information content (AvgIpc) is 2.04. The molecule has 0 saturated carbocycles. The lowest BCUT2D eigenvalue weighted by atomic mass is 10.3. The van der Waals surface area contributed by atoms with Crippen molar-refractivity contribution >= 4 is 45.8 Å². The lowest BCUT2D eigenvalue weighted by molar-refractivity contribution is -0.115. The van der Waals surface area contributed by atoms with Gasteiger partial charge in [-0.05, 0) is 25.1 Å². The van der Waals surface area contributed by atoms with Crippen LogP contribution in [-0.2, 0) is 4.79 Å². The van der Waals surface area contributed by atoms with Gasteiger partial charge in [0, 0.05) is 10.7 Å². The minimum Gasteiger partial charge on any atom is -0.325 e. The predicted molar refractivity (Wildman–Crippen MR) is 63.6 cm³/mol. The van der Waals surface area contributed by atoms with Crippen LogP contribution >= 0.6 is 34.2 Å². The van der Waals surface area contributed by atoms with Gasteiger partial charge in [0.15, 0.2) is 0 Å². The van der Waals surface area contributed by atoms with Gasteiger partial charge < -0.3 is 5.32 Å². The monoisotopic (exact) mass is 309 g/mol. The molecule has 1 aromatic carbocycles. The maximum Gasteiger partial charge on any atom is 0.237 e. The molecule has 70 valence electrons. The third kappa shape index (κ3) is 3.52. The Bertz CT molecular complexity index is 314. The Kier molecular flexibility index (Phi) is 3.99. The molecule has 0 aromatic heterocycles. The summed E-state index contributed by atoms with van der Waals surface area (Å²) >= 11 is 7.81. The number of rotatable bonds is 2. The molecule has 1 rings (SSSR count). The molecular formula is C9H9ClINO. The van der Waals surface area contributed by atoms with Crippen LogP contribution in [0.5, 0.6) is 0 Å². The predicted octanol–water partition coefficient (Wildman–Crippen LogP) is 3.10. The molecule has 0 radical (unpaired) electrons. The van der Waals surface area contributed by atoms with Crippen LogP contribution < -0.4 is 5.32 Å². The molecule has 1 unspecified atom stereocenters. The van der Waals surface area contributed by atoms with Crippen molar-refractivity contribution in [2.24, 2.45) is 0 Å². The summed E-state index contributed by atoms with van der Waals surface area (Å²) in [6, 6.07) is 7.10. The summed E-state index contributed by atoms with van der Waals surface area (Å²) in [6.07, 6.45) is 0. The molecule has 0 fully saturated rings. The van der Waals surface area contributed by atoms with Gasteiger partial charge in [-0.25, -0.2) is 0 Å². The number of carbonyl (C=O) groups is 1. The Morgan fingerprint density at radius 3 is 2.85 bits per heavy atom. The van der Waals surface area contributed by atoms with E-state index in [1.807, 2.05) is 13.0 Å². The molecule has 1 N–H and O–H groups in total. The number of hydrogen-bond donors (Lipinski definition) is 1. The first-order valence-corrected chi connectivity index (χ1v) is 5.42. The fourth-order valence-electron chi connectivity index (χ4n) is 0.808. The van der Waals surface area contributed by atoms with E-state index in [0.717, 1.165) is 5.69 Å². The van der Waals surface area contributed by atoms with Gasteiger partial charge in [-0.1, -0.05) is 40.3 Å². The number of hydrogen-bond acceptors (Lipinski definition) is 1. The third-order valence-electron chi connectivity index (χ3n) is 1.45. The van der Waals surface area contributed by atoms with Gasteiger partial charge in [0.2, 0.25) is 5.91 Å². The number of amides is 1. The quantitative estimate of drug-likeness (QED) is 0.660. The van der Waals surface area contributed by atoms with Gasteiger partial charge in [-0.3, -0.25) is 4.79 Å². The number of alkyl halides is 1. The molecule has 2 nitrogen and oxygen atoms in total. The first kappa shape index (κ1) is 10.8. The Balaban J connectivity index is 2.69. The van der Waals surface area contributed by atoms with Crippen LogP contribution in [0.15, 0.2) is 24.3 Å². The molecule has 0 heterocycles. The molecule has 0 spiro atoms. The summed E-state index contributed by atoms with van der Waals surface area (Å²) in [4.78, 5) is 11.3. The zero-order valence-corrected chi connectivity index (χ0v) is 9.96. The summed E-state index contributed by atoms with van der Waals surface area (Å²) in [5.74, 6) is -0.0112. The van der Waals surface area contributed by atoms with Crippen LogP contribution in [0.3, 0.4) is 0 Å². The summed E-state index contributed by atoms with van der Waals surface area (Å²) in [5.41, 5.74) is 0.737. The second kappa shape index (κ2) is 4.81. The van der Waals surface area contributed by atoms with Crippen molar-refractivity contribution in [2.45, 2.75) is 10.8 Å². The maximum absolute atomic E-state index is 11.3. The van der Waals surface area contributed by atoms with Crippen LogP contribution in [-0.4, -0.2) is 9.83 Å². The standard InChI is InChI=1S/C9H9ClINO/c1-6(11)9(13)12-8-4-2-3-7(10)5-8/h2-6H,1H3,(H,12,13). The van der Waals surface area contributed by atoms with Gasteiger partial charge >= 0.3 is 0 Å². The molecule has 0 saturated heterocycles. The van der Waals surface area contributed by atoms with E-state index in [1.54, 1.807) is 18.2 Å². The highest BCUT2D eigenvalue weighted by molar-refractivity contribution is 14.1. The van der Waals surface area contributed by atoms with Gasteiger partial charge in [-0.2, -0.15) is 0 Å². The van der Waals surface area contributed by atoms with Gasteiger partial charge in [0.25, 0.3) is 0 Å². The summed E-state index contributed by atoms with van der Waals surface area (Å²) in [7, 11) is 0. The number of halogens is 2. The fourth-order valence-corrected chi connectivity index (χ4v) is 1.15. The second-order valence-electron chi connectivity index (χ2n) is 2.62. The zero-order valence-electron chi connectivity index (χ0n) is 7.05. The lowest BCUT2D eigenvalue weighted by Crippen LogP contribution is -2.19. The largest absolute Gasteiger partial charge is 0.325 e. The van der Waals surface area contributed by atoms with Crippen molar-refractivity contribution in [3.05, 3.63) is 29.3 Å². The number of nitrogens with one attached hydrogen (secondary N) is 1. The smallest absolute Gasteiger partial charge is 0.237 e. The first-order chi connectivity index (χ1) is 6.09. The van der Waals surface area contributed by atoms with Crippen LogP contribution in [0.2, 0.25) is 5.02 Å². The highest BCUT2D eigenvalue weighted by Crippen LogP contribution is 2.15. The Morgan fingerprint density at radius 2 is 2.31 bits per heavy atom. The Labute approximate surface area is 95.8 Å². The summed E-state index contributed by atoms with van der Waals surface area (Å²) < 4.78 is -0.0448. The van der Waals surface area contributed by atoms with Crippen LogP contribution in [0.4, 0.5) is 5.69 Å².